The molecule has 0 bridgehead atoms. The Morgan fingerprint density at radius 2 is 1.91 bits per heavy atom. The maximum absolute atomic E-state index is 12.3. The highest BCUT2D eigenvalue weighted by molar-refractivity contribution is 5.74. The van der Waals surface area contributed by atoms with Gasteiger partial charge in [0.25, 0.3) is 0 Å². The number of aromatic nitrogens is 5. The molecule has 1 saturated heterocycles. The second kappa shape index (κ2) is 8.03. The number of piperazine rings is 1. The lowest BCUT2D eigenvalue weighted by Crippen LogP contribution is -2.50. The molecule has 11 heteroatoms. The first kappa shape index (κ1) is 21.4. The lowest BCUT2D eigenvalue weighted by molar-refractivity contribution is 0.0240. The van der Waals surface area contributed by atoms with Crippen LogP contribution >= 0.6 is 0 Å². The first-order valence-electron chi connectivity index (χ1n) is 10.3. The van der Waals surface area contributed by atoms with Crippen molar-refractivity contribution in [1.29, 1.82) is 5.26 Å². The van der Waals surface area contributed by atoms with Gasteiger partial charge in [0.1, 0.15) is 28.5 Å². The van der Waals surface area contributed by atoms with E-state index >= 15 is 0 Å². The zero-order valence-electron chi connectivity index (χ0n) is 18.9. The molecule has 1 aliphatic rings. The third kappa shape index (κ3) is 3.91. The van der Waals surface area contributed by atoms with Gasteiger partial charge in [0.05, 0.1) is 13.3 Å². The van der Waals surface area contributed by atoms with Crippen LogP contribution in [0, 0.1) is 11.3 Å². The third-order valence-corrected chi connectivity index (χ3v) is 5.24. The highest BCUT2D eigenvalue weighted by Crippen LogP contribution is 2.30. The number of fused-ring (bicyclic) bond motifs is 1. The molecule has 1 fully saturated rings. The molecule has 0 atom stereocenters. The quantitative estimate of drug-likeness (QED) is 0.611. The van der Waals surface area contributed by atoms with E-state index in [1.165, 1.54) is 6.20 Å². The minimum atomic E-state index is -0.516. The maximum atomic E-state index is 12.3. The Balaban J connectivity index is 1.55. The zero-order chi connectivity index (χ0) is 23.0. The summed E-state index contributed by atoms with van der Waals surface area (Å²) < 4.78 is 14.5. The van der Waals surface area contributed by atoms with Crippen molar-refractivity contribution >= 4 is 17.6 Å². The SMILES string of the molecule is COc1cc(-c2nnc(N3CCN(C(=O)OC(C)(C)C)CC3)n2C)cn2ncc(C#N)c12. The molecule has 3 aromatic rings. The van der Waals surface area contributed by atoms with Gasteiger partial charge >= 0.3 is 6.09 Å². The number of hydrogen-bond acceptors (Lipinski definition) is 8. The number of ether oxygens (including phenoxy) is 2. The van der Waals surface area contributed by atoms with Gasteiger partial charge in [-0.3, -0.25) is 4.57 Å². The Bertz CT molecular complexity index is 1190. The number of amides is 1. The number of rotatable bonds is 3. The molecule has 4 heterocycles. The van der Waals surface area contributed by atoms with Crippen LogP contribution in [0.4, 0.5) is 10.7 Å². The van der Waals surface area contributed by atoms with Crippen molar-refractivity contribution in [2.75, 3.05) is 38.2 Å². The number of anilines is 1. The van der Waals surface area contributed by atoms with Gasteiger partial charge < -0.3 is 19.3 Å². The van der Waals surface area contributed by atoms with E-state index in [0.29, 0.717) is 54.8 Å². The summed E-state index contributed by atoms with van der Waals surface area (Å²) >= 11 is 0. The van der Waals surface area contributed by atoms with E-state index in [1.54, 1.807) is 22.7 Å². The van der Waals surface area contributed by atoms with E-state index in [0.717, 1.165) is 5.56 Å². The molecule has 168 valence electrons. The molecule has 0 aromatic carbocycles. The largest absolute Gasteiger partial charge is 0.494 e. The maximum Gasteiger partial charge on any atom is 0.410 e. The molecule has 1 amide bonds. The molecule has 4 rings (SSSR count). The van der Waals surface area contributed by atoms with Crippen molar-refractivity contribution in [2.24, 2.45) is 7.05 Å². The van der Waals surface area contributed by atoms with Crippen molar-refractivity contribution in [3.05, 3.63) is 24.0 Å². The van der Waals surface area contributed by atoms with E-state index in [2.05, 4.69) is 26.3 Å². The second-order valence-electron chi connectivity index (χ2n) is 8.60. The van der Waals surface area contributed by atoms with Crippen LogP contribution in [-0.4, -0.2) is 74.3 Å². The van der Waals surface area contributed by atoms with Gasteiger partial charge in [-0.25, -0.2) is 9.31 Å². The molecule has 0 spiro atoms. The lowest BCUT2D eigenvalue weighted by atomic mass is 10.2. The van der Waals surface area contributed by atoms with Crippen LogP contribution in [0.1, 0.15) is 26.3 Å². The van der Waals surface area contributed by atoms with E-state index in [1.807, 2.05) is 38.5 Å². The van der Waals surface area contributed by atoms with Crippen molar-refractivity contribution in [3.63, 3.8) is 0 Å². The highest BCUT2D eigenvalue weighted by Gasteiger charge is 2.28. The van der Waals surface area contributed by atoms with Crippen molar-refractivity contribution < 1.29 is 14.3 Å². The van der Waals surface area contributed by atoms with Crippen LogP contribution < -0.4 is 9.64 Å². The van der Waals surface area contributed by atoms with Crippen molar-refractivity contribution in [2.45, 2.75) is 26.4 Å². The summed E-state index contributed by atoms with van der Waals surface area (Å²) in [5, 5.41) is 22.3. The van der Waals surface area contributed by atoms with E-state index in [4.69, 9.17) is 9.47 Å². The van der Waals surface area contributed by atoms with Crippen LogP contribution in [0.25, 0.3) is 16.9 Å². The number of nitriles is 1. The Morgan fingerprint density at radius 3 is 2.53 bits per heavy atom. The van der Waals surface area contributed by atoms with Crippen molar-refractivity contribution in [3.8, 4) is 23.2 Å². The summed E-state index contributed by atoms with van der Waals surface area (Å²) in [5.74, 6) is 1.89. The average Bonchev–Trinajstić information content (AvgIpc) is 3.35. The van der Waals surface area contributed by atoms with E-state index in [-0.39, 0.29) is 6.09 Å². The fraction of sp³-hybridized carbons (Fsp3) is 0.476. The van der Waals surface area contributed by atoms with Gasteiger partial charge in [0.2, 0.25) is 5.95 Å². The van der Waals surface area contributed by atoms with E-state index < -0.39 is 5.60 Å². The Hall–Kier alpha value is -3.81. The Morgan fingerprint density at radius 1 is 1.19 bits per heavy atom. The second-order valence-corrected chi connectivity index (χ2v) is 8.60. The summed E-state index contributed by atoms with van der Waals surface area (Å²) in [7, 11) is 3.45. The minimum absolute atomic E-state index is 0.299. The summed E-state index contributed by atoms with van der Waals surface area (Å²) in [6.07, 6.45) is 3.01. The molecule has 0 saturated carbocycles. The molecule has 3 aromatic heterocycles. The summed E-state index contributed by atoms with van der Waals surface area (Å²) in [6.45, 7) is 7.91. The molecule has 11 nitrogen and oxygen atoms in total. The van der Waals surface area contributed by atoms with Crippen molar-refractivity contribution in [1.82, 2.24) is 29.3 Å². The summed E-state index contributed by atoms with van der Waals surface area (Å²) in [4.78, 5) is 16.1. The number of carbonyl (C=O) groups excluding carboxylic acids is 1. The predicted molar refractivity (Wildman–Crippen MR) is 116 cm³/mol. The Kier molecular flexibility index (Phi) is 5.38. The number of methoxy groups -OCH3 is 1. The Labute approximate surface area is 185 Å². The first-order chi connectivity index (χ1) is 15.2. The molecule has 32 heavy (non-hydrogen) atoms. The molecule has 1 aliphatic heterocycles. The molecule has 0 radical (unpaired) electrons. The van der Waals surface area contributed by atoms with Crippen LogP contribution in [0.5, 0.6) is 5.75 Å². The fourth-order valence-electron chi connectivity index (χ4n) is 3.71. The molecular weight excluding hydrogens is 412 g/mol. The third-order valence-electron chi connectivity index (χ3n) is 5.24. The minimum Gasteiger partial charge on any atom is -0.494 e. The van der Waals surface area contributed by atoms with Gasteiger partial charge in [-0.1, -0.05) is 0 Å². The standard InChI is InChI=1S/C21H26N8O3/c1-21(2,3)32-20(30)28-8-6-27(7-9-28)19-25-24-18(26(19)4)14-10-16(31-5)17-15(11-22)12-23-29(17)13-14/h10,12-13H,6-9H2,1-5H3. The fourth-order valence-corrected chi connectivity index (χ4v) is 3.71. The van der Waals surface area contributed by atoms with Gasteiger partial charge in [-0.15, -0.1) is 10.2 Å². The number of hydrogen-bond donors (Lipinski definition) is 0. The average molecular weight is 438 g/mol. The molecule has 0 unspecified atom stereocenters. The molecular formula is C21H26N8O3. The molecule has 0 aliphatic carbocycles. The highest BCUT2D eigenvalue weighted by atomic mass is 16.6. The monoisotopic (exact) mass is 438 g/mol. The zero-order valence-corrected chi connectivity index (χ0v) is 18.9. The van der Waals surface area contributed by atoms with Crippen LogP contribution in [0.3, 0.4) is 0 Å². The molecule has 0 N–H and O–H groups in total. The smallest absolute Gasteiger partial charge is 0.410 e. The van der Waals surface area contributed by atoms with Gasteiger partial charge in [0.15, 0.2) is 5.82 Å². The number of pyridine rings is 1. The summed E-state index contributed by atoms with van der Waals surface area (Å²) in [6, 6.07) is 3.95. The summed E-state index contributed by atoms with van der Waals surface area (Å²) in [5.41, 5.74) is 1.29. The van der Waals surface area contributed by atoms with Crippen LogP contribution in [-0.2, 0) is 11.8 Å². The van der Waals surface area contributed by atoms with Crippen LogP contribution in [0.15, 0.2) is 18.5 Å². The predicted octanol–water partition coefficient (Wildman–Crippen LogP) is 2.07. The normalized spacial score (nSPS) is 14.5. The van der Waals surface area contributed by atoms with Gasteiger partial charge in [0, 0.05) is 45.0 Å². The number of nitrogens with zero attached hydrogens (tertiary/aromatic N) is 8. The van der Waals surface area contributed by atoms with Gasteiger partial charge in [-0.2, -0.15) is 10.4 Å². The van der Waals surface area contributed by atoms with Gasteiger partial charge in [-0.05, 0) is 26.8 Å². The van der Waals surface area contributed by atoms with Crippen LogP contribution in [0.2, 0.25) is 0 Å². The first-order valence-corrected chi connectivity index (χ1v) is 10.3. The number of carbonyl (C=O) groups is 1. The topological polar surface area (TPSA) is 114 Å². The lowest BCUT2D eigenvalue weighted by Gasteiger charge is -2.35. The van der Waals surface area contributed by atoms with E-state index in [9.17, 15) is 10.1 Å².